The van der Waals surface area contributed by atoms with Gasteiger partial charge in [0.25, 0.3) is 0 Å². The molecular weight excluding hydrogens is 278 g/mol. The van der Waals surface area contributed by atoms with Crippen molar-refractivity contribution in [1.29, 1.82) is 0 Å². The average Bonchev–Trinajstić information content (AvgIpc) is 3.09. The largest absolute Gasteiger partial charge is 0.472 e. The van der Waals surface area contributed by atoms with Gasteiger partial charge in [0.05, 0.1) is 12.5 Å². The Hall–Kier alpha value is -1.06. The minimum absolute atomic E-state index is 0.430. The first-order valence-corrected chi connectivity index (χ1v) is 9.04. The summed E-state index contributed by atoms with van der Waals surface area (Å²) in [7, 11) is 0. The summed E-state index contributed by atoms with van der Waals surface area (Å²) in [5, 5.41) is 3.72. The highest BCUT2D eigenvalue weighted by atomic mass is 32.1. The van der Waals surface area contributed by atoms with Gasteiger partial charge in [0.1, 0.15) is 0 Å². The van der Waals surface area contributed by atoms with E-state index < -0.39 is 0 Å². The van der Waals surface area contributed by atoms with E-state index in [1.807, 2.05) is 17.6 Å². The monoisotopic (exact) mass is 303 g/mol. The maximum atomic E-state index is 5.23. The SMILES string of the molecule is CCCNC(Cc1ccoc1)c1cc2c(s1)CCCCC2. The predicted molar refractivity (Wildman–Crippen MR) is 89.0 cm³/mol. The summed E-state index contributed by atoms with van der Waals surface area (Å²) in [4.78, 5) is 3.15. The van der Waals surface area contributed by atoms with Gasteiger partial charge in [-0.1, -0.05) is 13.3 Å². The zero-order valence-electron chi connectivity index (χ0n) is 12.9. The Kier molecular flexibility index (Phi) is 5.15. The highest BCUT2D eigenvalue weighted by molar-refractivity contribution is 7.12. The molecule has 2 aromatic heterocycles. The molecule has 1 atom stereocenters. The zero-order valence-corrected chi connectivity index (χ0v) is 13.7. The Labute approximate surface area is 131 Å². The summed E-state index contributed by atoms with van der Waals surface area (Å²) in [6.07, 6.45) is 12.5. The normalized spacial score (nSPS) is 16.4. The smallest absolute Gasteiger partial charge is 0.0935 e. The van der Waals surface area contributed by atoms with Crippen molar-refractivity contribution in [3.8, 4) is 0 Å². The number of hydrogen-bond donors (Lipinski definition) is 1. The van der Waals surface area contributed by atoms with Crippen LogP contribution in [0.3, 0.4) is 0 Å². The van der Waals surface area contributed by atoms with Gasteiger partial charge >= 0.3 is 0 Å². The lowest BCUT2D eigenvalue weighted by molar-refractivity contribution is 0.526. The van der Waals surface area contributed by atoms with Gasteiger partial charge in [-0.2, -0.15) is 0 Å². The van der Waals surface area contributed by atoms with Gasteiger partial charge in [-0.15, -0.1) is 11.3 Å². The van der Waals surface area contributed by atoms with Crippen LogP contribution in [0.5, 0.6) is 0 Å². The molecule has 1 N–H and O–H groups in total. The molecule has 2 aromatic rings. The van der Waals surface area contributed by atoms with Crippen molar-refractivity contribution >= 4 is 11.3 Å². The van der Waals surface area contributed by atoms with Crippen molar-refractivity contribution in [2.75, 3.05) is 6.54 Å². The maximum absolute atomic E-state index is 5.23. The van der Waals surface area contributed by atoms with Crippen LogP contribution in [0.25, 0.3) is 0 Å². The number of aryl methyl sites for hydroxylation is 2. The van der Waals surface area contributed by atoms with Crippen LogP contribution in [0, 0.1) is 0 Å². The van der Waals surface area contributed by atoms with Gasteiger partial charge < -0.3 is 9.73 Å². The molecular formula is C18H25NOS. The van der Waals surface area contributed by atoms with Crippen LogP contribution in [-0.2, 0) is 19.3 Å². The van der Waals surface area contributed by atoms with Crippen molar-refractivity contribution in [3.05, 3.63) is 45.5 Å². The summed E-state index contributed by atoms with van der Waals surface area (Å²) in [6, 6.07) is 4.98. The van der Waals surface area contributed by atoms with E-state index in [2.05, 4.69) is 24.4 Å². The van der Waals surface area contributed by atoms with Gasteiger partial charge in [0.15, 0.2) is 0 Å². The summed E-state index contributed by atoms with van der Waals surface area (Å²) in [5.74, 6) is 0. The van der Waals surface area contributed by atoms with Gasteiger partial charge in [-0.25, -0.2) is 0 Å². The second-order valence-corrected chi connectivity index (χ2v) is 7.17. The van der Waals surface area contributed by atoms with Crippen LogP contribution < -0.4 is 5.32 Å². The van der Waals surface area contributed by atoms with Gasteiger partial charge in [0, 0.05) is 15.8 Å². The van der Waals surface area contributed by atoms with Gasteiger partial charge in [-0.3, -0.25) is 0 Å². The minimum Gasteiger partial charge on any atom is -0.472 e. The number of hydrogen-bond acceptors (Lipinski definition) is 3. The third-order valence-electron chi connectivity index (χ3n) is 4.27. The third-order valence-corrected chi connectivity index (χ3v) is 5.62. The number of fused-ring (bicyclic) bond motifs is 1. The van der Waals surface area contributed by atoms with Crippen LogP contribution in [0.4, 0.5) is 0 Å². The molecule has 0 radical (unpaired) electrons. The van der Waals surface area contributed by atoms with E-state index in [0.29, 0.717) is 6.04 Å². The maximum Gasteiger partial charge on any atom is 0.0935 e. The standard InChI is InChI=1S/C18H25NOS/c1-2-9-19-16(11-14-8-10-20-13-14)18-12-15-6-4-3-5-7-17(15)21-18/h8,10,12-13,16,19H,2-7,9,11H2,1H3. The van der Waals surface area contributed by atoms with E-state index in [0.717, 1.165) is 13.0 Å². The van der Waals surface area contributed by atoms with Crippen molar-refractivity contribution in [1.82, 2.24) is 5.32 Å². The Morgan fingerprint density at radius 1 is 1.29 bits per heavy atom. The predicted octanol–water partition coefficient (Wildman–Crippen LogP) is 4.89. The van der Waals surface area contributed by atoms with Crippen LogP contribution in [-0.4, -0.2) is 6.54 Å². The molecule has 0 aromatic carbocycles. The van der Waals surface area contributed by atoms with Crippen LogP contribution in [0.15, 0.2) is 29.1 Å². The highest BCUT2D eigenvalue weighted by Crippen LogP contribution is 2.33. The molecule has 1 aliphatic carbocycles. The van der Waals surface area contributed by atoms with Crippen molar-refractivity contribution in [3.63, 3.8) is 0 Å². The first kappa shape index (κ1) is 14.9. The van der Waals surface area contributed by atoms with E-state index in [1.54, 1.807) is 16.7 Å². The quantitative estimate of drug-likeness (QED) is 0.768. The molecule has 114 valence electrons. The molecule has 21 heavy (non-hydrogen) atoms. The Balaban J connectivity index is 1.78. The topological polar surface area (TPSA) is 25.2 Å². The lowest BCUT2D eigenvalue weighted by atomic mass is 10.1. The molecule has 0 fully saturated rings. The van der Waals surface area contributed by atoms with E-state index in [4.69, 9.17) is 4.42 Å². The first-order valence-electron chi connectivity index (χ1n) is 8.22. The Morgan fingerprint density at radius 2 is 2.19 bits per heavy atom. The number of rotatable bonds is 6. The molecule has 2 heterocycles. The van der Waals surface area contributed by atoms with Gasteiger partial charge in [0.2, 0.25) is 0 Å². The molecule has 0 saturated carbocycles. The van der Waals surface area contributed by atoms with Crippen LogP contribution in [0.1, 0.15) is 59.5 Å². The van der Waals surface area contributed by atoms with Crippen molar-refractivity contribution < 1.29 is 4.42 Å². The Bertz CT molecular complexity index is 520. The third kappa shape index (κ3) is 3.78. The fourth-order valence-corrected chi connectivity index (χ4v) is 4.43. The summed E-state index contributed by atoms with van der Waals surface area (Å²) in [6.45, 7) is 3.30. The second-order valence-electron chi connectivity index (χ2n) is 6.00. The fraction of sp³-hybridized carbons (Fsp3) is 0.556. The average molecular weight is 303 g/mol. The van der Waals surface area contributed by atoms with E-state index in [9.17, 15) is 0 Å². The van der Waals surface area contributed by atoms with E-state index >= 15 is 0 Å². The molecule has 2 nitrogen and oxygen atoms in total. The molecule has 0 spiro atoms. The molecule has 0 aliphatic heterocycles. The van der Waals surface area contributed by atoms with Crippen molar-refractivity contribution in [2.45, 2.75) is 57.9 Å². The number of thiophene rings is 1. The lowest BCUT2D eigenvalue weighted by Crippen LogP contribution is -2.23. The number of furan rings is 1. The van der Waals surface area contributed by atoms with Crippen LogP contribution in [0.2, 0.25) is 0 Å². The molecule has 3 rings (SSSR count). The molecule has 0 bridgehead atoms. The fourth-order valence-electron chi connectivity index (χ4n) is 3.10. The zero-order chi connectivity index (χ0) is 14.5. The molecule has 1 unspecified atom stereocenters. The molecule has 1 aliphatic rings. The molecule has 3 heteroatoms. The summed E-state index contributed by atoms with van der Waals surface area (Å²) in [5.41, 5.74) is 2.90. The lowest BCUT2D eigenvalue weighted by Gasteiger charge is -2.16. The second kappa shape index (κ2) is 7.28. The summed E-state index contributed by atoms with van der Waals surface area (Å²) < 4.78 is 5.23. The van der Waals surface area contributed by atoms with E-state index in [-0.39, 0.29) is 0 Å². The van der Waals surface area contributed by atoms with Crippen LogP contribution >= 0.6 is 11.3 Å². The Morgan fingerprint density at radius 3 is 3.00 bits per heavy atom. The van der Waals surface area contributed by atoms with Crippen molar-refractivity contribution in [2.24, 2.45) is 0 Å². The first-order chi connectivity index (χ1) is 10.4. The van der Waals surface area contributed by atoms with Gasteiger partial charge in [-0.05, 0) is 68.3 Å². The minimum atomic E-state index is 0.430. The number of nitrogens with one attached hydrogen (secondary N) is 1. The molecule has 0 saturated heterocycles. The highest BCUT2D eigenvalue weighted by Gasteiger charge is 2.19. The van der Waals surface area contributed by atoms with E-state index in [1.165, 1.54) is 49.0 Å². The molecule has 0 amide bonds. The summed E-state index contributed by atoms with van der Waals surface area (Å²) >= 11 is 2.04.